The maximum atomic E-state index is 12.9. The van der Waals surface area contributed by atoms with Crippen LogP contribution in [0.25, 0.3) is 11.3 Å². The lowest BCUT2D eigenvalue weighted by molar-refractivity contribution is -0.140. The Morgan fingerprint density at radius 2 is 1.85 bits per heavy atom. The van der Waals surface area contributed by atoms with Crippen LogP contribution in [0.4, 0.5) is 4.39 Å². The number of carboxylic acid groups (broad SMARTS) is 2. The van der Waals surface area contributed by atoms with Crippen LogP contribution in [0.5, 0.6) is 0 Å². The van der Waals surface area contributed by atoms with Gasteiger partial charge in [0.2, 0.25) is 0 Å². The minimum absolute atomic E-state index is 0.0207. The van der Waals surface area contributed by atoms with Crippen LogP contribution in [0.15, 0.2) is 24.3 Å². The number of rotatable bonds is 4. The zero-order valence-electron chi connectivity index (χ0n) is 10.3. The number of nitrogens with zero attached hydrogens (tertiary/aromatic N) is 3. The van der Waals surface area contributed by atoms with Gasteiger partial charge in [-0.2, -0.15) is 0 Å². The zero-order valence-corrected chi connectivity index (χ0v) is 10.3. The quantitative estimate of drug-likeness (QED) is 0.877. The van der Waals surface area contributed by atoms with E-state index in [1.807, 2.05) is 0 Å². The summed E-state index contributed by atoms with van der Waals surface area (Å²) in [5.74, 6) is -3.01. The number of halogens is 1. The van der Waals surface area contributed by atoms with Gasteiger partial charge in [-0.05, 0) is 31.2 Å². The molecule has 0 aliphatic carbocycles. The molecule has 0 fully saturated rings. The predicted molar refractivity (Wildman–Crippen MR) is 64.7 cm³/mol. The molecule has 1 unspecified atom stereocenters. The van der Waals surface area contributed by atoms with Gasteiger partial charge < -0.3 is 10.2 Å². The highest BCUT2D eigenvalue weighted by molar-refractivity contribution is 5.93. The van der Waals surface area contributed by atoms with Crippen molar-refractivity contribution in [2.45, 2.75) is 13.0 Å². The summed E-state index contributed by atoms with van der Waals surface area (Å²) in [5.41, 5.74) is -0.0426. The summed E-state index contributed by atoms with van der Waals surface area (Å²) in [7, 11) is 0. The van der Waals surface area contributed by atoms with E-state index in [-0.39, 0.29) is 11.4 Å². The molecule has 1 atom stereocenters. The molecule has 1 aromatic carbocycles. The summed E-state index contributed by atoms with van der Waals surface area (Å²) in [6, 6.07) is 3.86. The van der Waals surface area contributed by atoms with Gasteiger partial charge in [0.1, 0.15) is 17.6 Å². The van der Waals surface area contributed by atoms with Crippen molar-refractivity contribution in [3.8, 4) is 11.3 Å². The molecule has 104 valence electrons. The van der Waals surface area contributed by atoms with Crippen molar-refractivity contribution in [2.24, 2.45) is 0 Å². The standard InChI is InChI=1S/C12H10FN3O4/c1-6(11(17)18)16-10(9(12(19)20)14-15-16)7-2-4-8(13)5-3-7/h2-6H,1H3,(H,17,18)(H,19,20). The van der Waals surface area contributed by atoms with Crippen molar-refractivity contribution < 1.29 is 24.2 Å². The highest BCUT2D eigenvalue weighted by atomic mass is 19.1. The van der Waals surface area contributed by atoms with Gasteiger partial charge in [-0.3, -0.25) is 0 Å². The number of carbonyl (C=O) groups is 2. The molecule has 0 bridgehead atoms. The molecule has 0 aliphatic heterocycles. The topological polar surface area (TPSA) is 105 Å². The Balaban J connectivity index is 2.64. The Kier molecular flexibility index (Phi) is 3.47. The Morgan fingerprint density at radius 3 is 2.35 bits per heavy atom. The third-order valence-electron chi connectivity index (χ3n) is 2.74. The van der Waals surface area contributed by atoms with Gasteiger partial charge in [-0.1, -0.05) is 5.21 Å². The molecule has 2 rings (SSSR count). The third kappa shape index (κ3) is 2.35. The van der Waals surface area contributed by atoms with Gasteiger partial charge in [0.25, 0.3) is 0 Å². The van der Waals surface area contributed by atoms with Crippen LogP contribution >= 0.6 is 0 Å². The fourth-order valence-electron chi connectivity index (χ4n) is 1.69. The number of hydrogen-bond donors (Lipinski definition) is 2. The molecule has 1 heterocycles. The molecule has 0 amide bonds. The summed E-state index contributed by atoms with van der Waals surface area (Å²) in [4.78, 5) is 22.2. The predicted octanol–water partition coefficient (Wildman–Crippen LogP) is 1.43. The number of carboxylic acids is 2. The molecule has 1 aromatic heterocycles. The van der Waals surface area contributed by atoms with Gasteiger partial charge >= 0.3 is 11.9 Å². The van der Waals surface area contributed by atoms with E-state index in [0.717, 1.165) is 16.8 Å². The maximum Gasteiger partial charge on any atom is 0.358 e. The van der Waals surface area contributed by atoms with E-state index in [9.17, 15) is 14.0 Å². The van der Waals surface area contributed by atoms with Crippen molar-refractivity contribution in [2.75, 3.05) is 0 Å². The summed E-state index contributed by atoms with van der Waals surface area (Å²) in [6.45, 7) is 1.34. The molecule has 0 spiro atoms. The first kappa shape index (κ1) is 13.7. The summed E-state index contributed by atoms with van der Waals surface area (Å²) in [5, 5.41) is 25.1. The van der Waals surface area contributed by atoms with Gasteiger partial charge in [0.15, 0.2) is 5.69 Å². The largest absolute Gasteiger partial charge is 0.480 e. The lowest BCUT2D eigenvalue weighted by Gasteiger charge is -2.10. The second kappa shape index (κ2) is 5.08. The fourth-order valence-corrected chi connectivity index (χ4v) is 1.69. The average molecular weight is 279 g/mol. The lowest BCUT2D eigenvalue weighted by Crippen LogP contribution is -2.18. The Morgan fingerprint density at radius 1 is 1.25 bits per heavy atom. The van der Waals surface area contributed by atoms with E-state index < -0.39 is 23.8 Å². The first-order valence-corrected chi connectivity index (χ1v) is 5.59. The van der Waals surface area contributed by atoms with Crippen molar-refractivity contribution in [1.82, 2.24) is 15.0 Å². The molecular formula is C12H10FN3O4. The molecule has 0 radical (unpaired) electrons. The van der Waals surface area contributed by atoms with E-state index in [1.54, 1.807) is 0 Å². The van der Waals surface area contributed by atoms with Crippen LogP contribution in [-0.4, -0.2) is 37.1 Å². The number of hydrogen-bond acceptors (Lipinski definition) is 4. The third-order valence-corrected chi connectivity index (χ3v) is 2.74. The van der Waals surface area contributed by atoms with Crippen LogP contribution in [0, 0.1) is 5.82 Å². The Labute approximate surface area is 112 Å². The molecule has 20 heavy (non-hydrogen) atoms. The van der Waals surface area contributed by atoms with Crippen molar-refractivity contribution in [3.63, 3.8) is 0 Å². The molecule has 2 N–H and O–H groups in total. The van der Waals surface area contributed by atoms with Crippen LogP contribution in [0.3, 0.4) is 0 Å². The minimum atomic E-state index is -1.34. The van der Waals surface area contributed by atoms with Gasteiger partial charge in [-0.15, -0.1) is 5.10 Å². The molecule has 0 saturated heterocycles. The van der Waals surface area contributed by atoms with Crippen molar-refractivity contribution >= 4 is 11.9 Å². The normalized spacial score (nSPS) is 12.1. The molecular weight excluding hydrogens is 269 g/mol. The molecule has 2 aromatic rings. The Bertz CT molecular complexity index is 666. The van der Waals surface area contributed by atoms with E-state index in [1.165, 1.54) is 19.1 Å². The first-order chi connectivity index (χ1) is 9.41. The van der Waals surface area contributed by atoms with Gasteiger partial charge in [0.05, 0.1) is 0 Å². The molecule has 0 aliphatic rings. The van der Waals surface area contributed by atoms with E-state index >= 15 is 0 Å². The van der Waals surface area contributed by atoms with Crippen LogP contribution < -0.4 is 0 Å². The zero-order chi connectivity index (χ0) is 14.9. The summed E-state index contributed by atoms with van der Waals surface area (Å²) >= 11 is 0. The first-order valence-electron chi connectivity index (χ1n) is 5.59. The second-order valence-electron chi connectivity index (χ2n) is 4.06. The van der Waals surface area contributed by atoms with Crippen LogP contribution in [-0.2, 0) is 4.79 Å². The molecule has 0 saturated carbocycles. The maximum absolute atomic E-state index is 12.9. The Hall–Kier alpha value is -2.77. The molecule has 7 nitrogen and oxygen atoms in total. The monoisotopic (exact) mass is 279 g/mol. The summed E-state index contributed by atoms with van der Waals surface area (Å²) in [6.07, 6.45) is 0. The average Bonchev–Trinajstić information content (AvgIpc) is 2.83. The molecule has 8 heteroatoms. The van der Waals surface area contributed by atoms with Crippen molar-refractivity contribution in [1.29, 1.82) is 0 Å². The second-order valence-corrected chi connectivity index (χ2v) is 4.06. The lowest BCUT2D eigenvalue weighted by atomic mass is 10.1. The summed E-state index contributed by atoms with van der Waals surface area (Å²) < 4.78 is 13.9. The number of aromatic nitrogens is 3. The van der Waals surface area contributed by atoms with E-state index in [2.05, 4.69) is 10.3 Å². The fraction of sp³-hybridized carbons (Fsp3) is 0.167. The van der Waals surface area contributed by atoms with Crippen LogP contribution in [0.2, 0.25) is 0 Å². The van der Waals surface area contributed by atoms with Crippen molar-refractivity contribution in [3.05, 3.63) is 35.8 Å². The number of aliphatic carboxylic acids is 1. The van der Waals surface area contributed by atoms with Gasteiger partial charge in [0, 0.05) is 5.56 Å². The number of aromatic carboxylic acids is 1. The van der Waals surface area contributed by atoms with Crippen LogP contribution in [0.1, 0.15) is 23.5 Å². The van der Waals surface area contributed by atoms with E-state index in [0.29, 0.717) is 5.56 Å². The smallest absolute Gasteiger partial charge is 0.358 e. The van der Waals surface area contributed by atoms with Gasteiger partial charge in [-0.25, -0.2) is 18.7 Å². The highest BCUT2D eigenvalue weighted by Crippen LogP contribution is 2.25. The van der Waals surface area contributed by atoms with E-state index in [4.69, 9.17) is 10.2 Å². The SMILES string of the molecule is CC(C(=O)O)n1nnc(C(=O)O)c1-c1ccc(F)cc1. The number of benzene rings is 1. The highest BCUT2D eigenvalue weighted by Gasteiger charge is 2.26. The minimum Gasteiger partial charge on any atom is -0.480 e.